The summed E-state index contributed by atoms with van der Waals surface area (Å²) in [7, 11) is 2.14. The summed E-state index contributed by atoms with van der Waals surface area (Å²) < 4.78 is 5.81. The average Bonchev–Trinajstić information content (AvgIpc) is 2.35. The molecule has 1 unspecified atom stereocenters. The van der Waals surface area contributed by atoms with Crippen LogP contribution in [-0.2, 0) is 13.0 Å². The van der Waals surface area contributed by atoms with Gasteiger partial charge in [-0.1, -0.05) is 19.1 Å². The fraction of sp³-hybridized carbons (Fsp3) is 0.571. The second-order valence-corrected chi connectivity index (χ2v) is 4.98. The molecule has 0 saturated carbocycles. The predicted molar refractivity (Wildman–Crippen MR) is 68.2 cm³/mol. The minimum atomic E-state index is 0.178. The highest BCUT2D eigenvalue weighted by atomic mass is 16.5. The number of aliphatic hydroxyl groups excluding tert-OH is 1. The molecule has 1 N–H and O–H groups in total. The molecule has 0 aliphatic carbocycles. The number of hydrogen-bond donors (Lipinski definition) is 1. The Hall–Kier alpha value is -1.06. The maximum atomic E-state index is 9.00. The SMILES string of the molecule is CC(CO)COc1cccc2c1CCN(C)C2. The topological polar surface area (TPSA) is 32.7 Å². The van der Waals surface area contributed by atoms with Gasteiger partial charge < -0.3 is 14.7 Å². The Morgan fingerprint density at radius 1 is 1.47 bits per heavy atom. The second-order valence-electron chi connectivity index (χ2n) is 4.98. The lowest BCUT2D eigenvalue weighted by Gasteiger charge is -2.26. The number of aliphatic hydroxyl groups is 1. The molecule has 2 rings (SSSR count). The van der Waals surface area contributed by atoms with Crippen LogP contribution in [0.4, 0.5) is 0 Å². The van der Waals surface area contributed by atoms with E-state index >= 15 is 0 Å². The van der Waals surface area contributed by atoms with Crippen molar-refractivity contribution < 1.29 is 9.84 Å². The number of ether oxygens (including phenoxy) is 1. The first-order chi connectivity index (χ1) is 8.20. The van der Waals surface area contributed by atoms with Gasteiger partial charge in [0.1, 0.15) is 5.75 Å². The van der Waals surface area contributed by atoms with Gasteiger partial charge in [-0.05, 0) is 30.7 Å². The van der Waals surface area contributed by atoms with E-state index in [9.17, 15) is 0 Å². The van der Waals surface area contributed by atoms with E-state index in [-0.39, 0.29) is 12.5 Å². The third-order valence-electron chi connectivity index (χ3n) is 3.25. The Kier molecular flexibility index (Phi) is 4.02. The zero-order valence-corrected chi connectivity index (χ0v) is 10.6. The van der Waals surface area contributed by atoms with Crippen molar-refractivity contribution in [1.82, 2.24) is 4.90 Å². The van der Waals surface area contributed by atoms with Crippen molar-refractivity contribution in [3.63, 3.8) is 0 Å². The molecule has 1 heterocycles. The minimum absolute atomic E-state index is 0.178. The summed E-state index contributed by atoms with van der Waals surface area (Å²) in [5, 5.41) is 9.00. The van der Waals surface area contributed by atoms with E-state index < -0.39 is 0 Å². The lowest BCUT2D eigenvalue weighted by Crippen LogP contribution is -2.27. The number of likely N-dealkylation sites (N-methyl/N-ethyl adjacent to an activating group) is 1. The molecule has 0 saturated heterocycles. The zero-order valence-electron chi connectivity index (χ0n) is 10.6. The zero-order chi connectivity index (χ0) is 12.3. The first-order valence-corrected chi connectivity index (χ1v) is 6.23. The van der Waals surface area contributed by atoms with E-state index in [2.05, 4.69) is 24.1 Å². The van der Waals surface area contributed by atoms with Gasteiger partial charge in [-0.15, -0.1) is 0 Å². The molecule has 0 bridgehead atoms. The number of hydrogen-bond acceptors (Lipinski definition) is 3. The first kappa shape index (κ1) is 12.4. The maximum Gasteiger partial charge on any atom is 0.122 e. The van der Waals surface area contributed by atoms with Crippen LogP contribution in [0.1, 0.15) is 18.1 Å². The Morgan fingerprint density at radius 2 is 2.29 bits per heavy atom. The van der Waals surface area contributed by atoms with Gasteiger partial charge in [0.05, 0.1) is 6.61 Å². The van der Waals surface area contributed by atoms with Gasteiger partial charge >= 0.3 is 0 Å². The molecule has 3 nitrogen and oxygen atoms in total. The van der Waals surface area contributed by atoms with Crippen molar-refractivity contribution in [2.75, 3.05) is 26.8 Å². The lowest BCUT2D eigenvalue weighted by molar-refractivity contribution is 0.172. The molecule has 1 aliphatic heterocycles. The van der Waals surface area contributed by atoms with Crippen molar-refractivity contribution in [2.45, 2.75) is 19.9 Å². The number of rotatable bonds is 4. The maximum absolute atomic E-state index is 9.00. The summed E-state index contributed by atoms with van der Waals surface area (Å²) >= 11 is 0. The summed E-state index contributed by atoms with van der Waals surface area (Å²) in [6.07, 6.45) is 1.05. The molecule has 0 amide bonds. The molecule has 0 fully saturated rings. The van der Waals surface area contributed by atoms with Crippen LogP contribution in [0.2, 0.25) is 0 Å². The summed E-state index contributed by atoms with van der Waals surface area (Å²) in [5.74, 6) is 1.19. The van der Waals surface area contributed by atoms with Gasteiger partial charge in [0.2, 0.25) is 0 Å². The molecule has 1 aliphatic rings. The van der Waals surface area contributed by atoms with Crippen LogP contribution in [0.25, 0.3) is 0 Å². The number of benzene rings is 1. The fourth-order valence-electron chi connectivity index (χ4n) is 2.14. The molecule has 0 spiro atoms. The molecular weight excluding hydrogens is 214 g/mol. The Labute approximate surface area is 103 Å². The highest BCUT2D eigenvalue weighted by molar-refractivity contribution is 5.41. The molecule has 94 valence electrons. The normalized spacial score (nSPS) is 17.6. The van der Waals surface area contributed by atoms with E-state index in [1.165, 1.54) is 11.1 Å². The van der Waals surface area contributed by atoms with E-state index in [0.29, 0.717) is 6.61 Å². The van der Waals surface area contributed by atoms with E-state index in [0.717, 1.165) is 25.3 Å². The van der Waals surface area contributed by atoms with Crippen LogP contribution in [0.3, 0.4) is 0 Å². The Morgan fingerprint density at radius 3 is 3.06 bits per heavy atom. The van der Waals surface area contributed by atoms with Crippen LogP contribution in [-0.4, -0.2) is 36.8 Å². The number of nitrogens with zero attached hydrogens (tertiary/aromatic N) is 1. The van der Waals surface area contributed by atoms with Gasteiger partial charge in [0.25, 0.3) is 0 Å². The van der Waals surface area contributed by atoms with Crippen LogP contribution < -0.4 is 4.74 Å². The largest absolute Gasteiger partial charge is 0.493 e. The quantitative estimate of drug-likeness (QED) is 0.862. The van der Waals surface area contributed by atoms with Crippen LogP contribution in [0.15, 0.2) is 18.2 Å². The molecular formula is C14H21NO2. The third kappa shape index (κ3) is 2.99. The van der Waals surface area contributed by atoms with Gasteiger partial charge in [0.15, 0.2) is 0 Å². The molecule has 1 aromatic rings. The van der Waals surface area contributed by atoms with Crippen molar-refractivity contribution >= 4 is 0 Å². The highest BCUT2D eigenvalue weighted by Gasteiger charge is 2.17. The van der Waals surface area contributed by atoms with E-state index in [1.807, 2.05) is 13.0 Å². The van der Waals surface area contributed by atoms with Crippen LogP contribution in [0.5, 0.6) is 5.75 Å². The molecule has 0 aromatic heterocycles. The lowest BCUT2D eigenvalue weighted by atomic mass is 9.99. The van der Waals surface area contributed by atoms with Gasteiger partial charge in [0, 0.05) is 25.6 Å². The Balaban J connectivity index is 2.10. The first-order valence-electron chi connectivity index (χ1n) is 6.23. The molecule has 17 heavy (non-hydrogen) atoms. The van der Waals surface area contributed by atoms with Gasteiger partial charge in [-0.2, -0.15) is 0 Å². The highest BCUT2D eigenvalue weighted by Crippen LogP contribution is 2.27. The van der Waals surface area contributed by atoms with Crippen molar-refractivity contribution in [3.8, 4) is 5.75 Å². The summed E-state index contributed by atoms with van der Waals surface area (Å²) in [4.78, 5) is 2.32. The molecule has 1 aromatic carbocycles. The second kappa shape index (κ2) is 5.52. The standard InChI is InChI=1S/C14H21NO2/c1-11(9-16)10-17-14-5-3-4-12-8-15(2)7-6-13(12)14/h3-5,11,16H,6-10H2,1-2H3. The smallest absolute Gasteiger partial charge is 0.122 e. The van der Waals surface area contributed by atoms with Crippen LogP contribution in [0, 0.1) is 5.92 Å². The van der Waals surface area contributed by atoms with Gasteiger partial charge in [-0.25, -0.2) is 0 Å². The molecule has 0 radical (unpaired) electrons. The van der Waals surface area contributed by atoms with E-state index in [1.54, 1.807) is 0 Å². The minimum Gasteiger partial charge on any atom is -0.493 e. The monoisotopic (exact) mass is 235 g/mol. The van der Waals surface area contributed by atoms with Crippen LogP contribution >= 0.6 is 0 Å². The van der Waals surface area contributed by atoms with Crippen molar-refractivity contribution in [1.29, 1.82) is 0 Å². The van der Waals surface area contributed by atoms with Crippen molar-refractivity contribution in [2.24, 2.45) is 5.92 Å². The van der Waals surface area contributed by atoms with Gasteiger partial charge in [-0.3, -0.25) is 0 Å². The third-order valence-corrected chi connectivity index (χ3v) is 3.25. The van der Waals surface area contributed by atoms with E-state index in [4.69, 9.17) is 9.84 Å². The summed E-state index contributed by atoms with van der Waals surface area (Å²) in [6.45, 7) is 4.84. The summed E-state index contributed by atoms with van der Waals surface area (Å²) in [6, 6.07) is 6.26. The predicted octanol–water partition coefficient (Wildman–Crippen LogP) is 1.68. The Bertz CT molecular complexity index is 378. The summed E-state index contributed by atoms with van der Waals surface area (Å²) in [5.41, 5.74) is 2.71. The molecule has 1 atom stereocenters. The fourth-order valence-corrected chi connectivity index (χ4v) is 2.14. The van der Waals surface area contributed by atoms with Crippen molar-refractivity contribution in [3.05, 3.63) is 29.3 Å². The number of fused-ring (bicyclic) bond motifs is 1. The molecule has 3 heteroatoms. The average molecular weight is 235 g/mol.